The van der Waals surface area contributed by atoms with Gasteiger partial charge in [-0.25, -0.2) is 4.98 Å². The molecule has 0 aliphatic rings. The van der Waals surface area contributed by atoms with E-state index in [2.05, 4.69) is 4.98 Å². The van der Waals surface area contributed by atoms with Gasteiger partial charge < -0.3 is 15.2 Å². The van der Waals surface area contributed by atoms with Crippen molar-refractivity contribution < 1.29 is 9.47 Å². The predicted octanol–water partition coefficient (Wildman–Crippen LogP) is 2.85. The van der Waals surface area contributed by atoms with Crippen LogP contribution in [0.25, 0.3) is 0 Å². The van der Waals surface area contributed by atoms with E-state index in [-0.39, 0.29) is 0 Å². The van der Waals surface area contributed by atoms with Crippen LogP contribution >= 0.6 is 0 Å². The maximum absolute atomic E-state index is 5.67. The van der Waals surface area contributed by atoms with E-state index in [0.29, 0.717) is 29.7 Å². The molecule has 0 radical (unpaired) electrons. The fourth-order valence-electron chi connectivity index (χ4n) is 1.39. The molecule has 0 amide bonds. The van der Waals surface area contributed by atoms with E-state index < -0.39 is 0 Å². The summed E-state index contributed by atoms with van der Waals surface area (Å²) in [5.41, 5.74) is 5.51. The minimum absolute atomic E-state index is 0.468. The lowest BCUT2D eigenvalue weighted by Gasteiger charge is -2.10. The average Bonchev–Trinajstić information content (AvgIpc) is 2.35. The van der Waals surface area contributed by atoms with Gasteiger partial charge in [0.25, 0.3) is 0 Å². The van der Waals surface area contributed by atoms with Crippen LogP contribution in [0, 0.1) is 0 Å². The standard InChI is InChI=1S/C13H14N2O2/c1-2-16-11-5-3-4-6-12(11)17-10-7-8-13(14)15-9-10/h3-9H,2H2,1H3,(H2,14,15). The highest BCUT2D eigenvalue weighted by atomic mass is 16.5. The highest BCUT2D eigenvalue weighted by molar-refractivity contribution is 5.43. The third-order valence-corrected chi connectivity index (χ3v) is 2.14. The molecular weight excluding hydrogens is 216 g/mol. The Morgan fingerprint density at radius 1 is 1.12 bits per heavy atom. The molecule has 0 aliphatic heterocycles. The van der Waals surface area contributed by atoms with Crippen molar-refractivity contribution in [3.8, 4) is 17.2 Å². The Balaban J connectivity index is 2.20. The normalized spacial score (nSPS) is 9.94. The molecule has 88 valence electrons. The van der Waals surface area contributed by atoms with Crippen LogP contribution in [-0.4, -0.2) is 11.6 Å². The molecular formula is C13H14N2O2. The van der Waals surface area contributed by atoms with Crippen LogP contribution in [0.4, 0.5) is 5.82 Å². The van der Waals surface area contributed by atoms with Crippen molar-refractivity contribution in [3.63, 3.8) is 0 Å². The molecule has 2 aromatic rings. The minimum atomic E-state index is 0.468. The van der Waals surface area contributed by atoms with E-state index in [9.17, 15) is 0 Å². The molecule has 1 aromatic carbocycles. The van der Waals surface area contributed by atoms with Crippen LogP contribution in [0.15, 0.2) is 42.6 Å². The number of hydrogen-bond acceptors (Lipinski definition) is 4. The first-order chi connectivity index (χ1) is 8.29. The molecule has 0 fully saturated rings. The Morgan fingerprint density at radius 3 is 2.53 bits per heavy atom. The van der Waals surface area contributed by atoms with Crippen LogP contribution in [0.1, 0.15) is 6.92 Å². The lowest BCUT2D eigenvalue weighted by atomic mass is 10.3. The maximum atomic E-state index is 5.67. The lowest BCUT2D eigenvalue weighted by molar-refractivity contribution is 0.321. The number of nitrogens with two attached hydrogens (primary N) is 1. The zero-order valence-electron chi connectivity index (χ0n) is 9.59. The molecule has 1 aromatic heterocycles. The van der Waals surface area contributed by atoms with Crippen molar-refractivity contribution in [2.45, 2.75) is 6.92 Å². The second kappa shape index (κ2) is 5.21. The largest absolute Gasteiger partial charge is 0.490 e. The Bertz CT molecular complexity index is 483. The van der Waals surface area contributed by atoms with Gasteiger partial charge >= 0.3 is 0 Å². The molecule has 0 unspecified atom stereocenters. The molecule has 0 spiro atoms. The fourth-order valence-corrected chi connectivity index (χ4v) is 1.39. The smallest absolute Gasteiger partial charge is 0.169 e. The van der Waals surface area contributed by atoms with Gasteiger partial charge in [-0.05, 0) is 31.2 Å². The first-order valence-corrected chi connectivity index (χ1v) is 5.41. The summed E-state index contributed by atoms with van der Waals surface area (Å²) in [6.07, 6.45) is 1.58. The van der Waals surface area contributed by atoms with Gasteiger partial charge in [0, 0.05) is 0 Å². The average molecular weight is 230 g/mol. The Labute approximate surface area is 100 Å². The van der Waals surface area contributed by atoms with Gasteiger partial charge in [0.05, 0.1) is 12.8 Å². The number of para-hydroxylation sites is 2. The van der Waals surface area contributed by atoms with E-state index >= 15 is 0 Å². The van der Waals surface area contributed by atoms with Crippen molar-refractivity contribution in [3.05, 3.63) is 42.6 Å². The number of ether oxygens (including phenoxy) is 2. The summed E-state index contributed by atoms with van der Waals surface area (Å²) < 4.78 is 11.1. The second-order valence-corrected chi connectivity index (χ2v) is 3.40. The molecule has 4 heteroatoms. The van der Waals surface area contributed by atoms with E-state index in [1.165, 1.54) is 0 Å². The van der Waals surface area contributed by atoms with Gasteiger partial charge in [0.1, 0.15) is 11.6 Å². The monoisotopic (exact) mass is 230 g/mol. The van der Waals surface area contributed by atoms with Crippen molar-refractivity contribution in [1.82, 2.24) is 4.98 Å². The van der Waals surface area contributed by atoms with Crippen molar-refractivity contribution in [1.29, 1.82) is 0 Å². The highest BCUT2D eigenvalue weighted by Gasteiger charge is 2.04. The molecule has 17 heavy (non-hydrogen) atoms. The van der Waals surface area contributed by atoms with Crippen molar-refractivity contribution >= 4 is 5.82 Å². The van der Waals surface area contributed by atoms with Crippen LogP contribution in [0.3, 0.4) is 0 Å². The molecule has 2 rings (SSSR count). The van der Waals surface area contributed by atoms with Gasteiger partial charge in [-0.1, -0.05) is 12.1 Å². The quantitative estimate of drug-likeness (QED) is 0.877. The molecule has 0 bridgehead atoms. The first kappa shape index (κ1) is 11.3. The number of nitrogen functional groups attached to an aromatic ring is 1. The Hall–Kier alpha value is -2.23. The van der Waals surface area contributed by atoms with E-state index in [4.69, 9.17) is 15.2 Å². The molecule has 4 nitrogen and oxygen atoms in total. The number of aromatic nitrogens is 1. The number of pyridine rings is 1. The van der Waals surface area contributed by atoms with E-state index in [0.717, 1.165) is 0 Å². The number of benzene rings is 1. The summed E-state index contributed by atoms with van der Waals surface area (Å²) in [4.78, 5) is 3.96. The summed E-state index contributed by atoms with van der Waals surface area (Å²) in [6.45, 7) is 2.53. The van der Waals surface area contributed by atoms with E-state index in [1.54, 1.807) is 18.3 Å². The van der Waals surface area contributed by atoms with Crippen LogP contribution < -0.4 is 15.2 Å². The fraction of sp³-hybridized carbons (Fsp3) is 0.154. The predicted molar refractivity (Wildman–Crippen MR) is 66.3 cm³/mol. The van der Waals surface area contributed by atoms with Gasteiger partial charge in [0.2, 0.25) is 0 Å². The summed E-state index contributed by atoms with van der Waals surface area (Å²) >= 11 is 0. The van der Waals surface area contributed by atoms with Crippen molar-refractivity contribution in [2.75, 3.05) is 12.3 Å². The molecule has 0 saturated heterocycles. The second-order valence-electron chi connectivity index (χ2n) is 3.40. The number of nitrogens with zero attached hydrogens (tertiary/aromatic N) is 1. The summed E-state index contributed by atoms with van der Waals surface area (Å²) in [6, 6.07) is 11.0. The first-order valence-electron chi connectivity index (χ1n) is 5.41. The summed E-state index contributed by atoms with van der Waals surface area (Å²) in [5.74, 6) is 2.48. The van der Waals surface area contributed by atoms with Gasteiger partial charge in [-0.2, -0.15) is 0 Å². The number of hydrogen-bond donors (Lipinski definition) is 1. The zero-order valence-corrected chi connectivity index (χ0v) is 9.59. The Morgan fingerprint density at radius 2 is 1.88 bits per heavy atom. The van der Waals surface area contributed by atoms with Crippen molar-refractivity contribution in [2.24, 2.45) is 0 Å². The third-order valence-electron chi connectivity index (χ3n) is 2.14. The van der Waals surface area contributed by atoms with Crippen LogP contribution in [0.2, 0.25) is 0 Å². The molecule has 0 saturated carbocycles. The van der Waals surface area contributed by atoms with Gasteiger partial charge in [-0.3, -0.25) is 0 Å². The molecule has 1 heterocycles. The topological polar surface area (TPSA) is 57.4 Å². The Kier molecular flexibility index (Phi) is 3.45. The lowest BCUT2D eigenvalue weighted by Crippen LogP contribution is -1.95. The third kappa shape index (κ3) is 2.87. The summed E-state index contributed by atoms with van der Waals surface area (Å²) in [5, 5.41) is 0. The van der Waals surface area contributed by atoms with E-state index in [1.807, 2.05) is 31.2 Å². The molecule has 0 atom stereocenters. The van der Waals surface area contributed by atoms with Crippen LogP contribution in [-0.2, 0) is 0 Å². The number of rotatable bonds is 4. The minimum Gasteiger partial charge on any atom is -0.490 e. The molecule has 2 N–H and O–H groups in total. The van der Waals surface area contributed by atoms with Crippen LogP contribution in [0.5, 0.6) is 17.2 Å². The number of anilines is 1. The van der Waals surface area contributed by atoms with Gasteiger partial charge in [-0.15, -0.1) is 0 Å². The molecule has 0 aliphatic carbocycles. The summed E-state index contributed by atoms with van der Waals surface area (Å²) in [7, 11) is 0. The maximum Gasteiger partial charge on any atom is 0.169 e. The van der Waals surface area contributed by atoms with Gasteiger partial charge in [0.15, 0.2) is 11.5 Å². The SMILES string of the molecule is CCOc1ccccc1Oc1ccc(N)nc1. The zero-order chi connectivity index (χ0) is 12.1. The highest BCUT2D eigenvalue weighted by Crippen LogP contribution is 2.30.